The van der Waals surface area contributed by atoms with E-state index in [1.807, 2.05) is 24.3 Å². The molecule has 2 fully saturated rings. The molecule has 2 aromatic rings. The van der Waals surface area contributed by atoms with Gasteiger partial charge in [0.15, 0.2) is 0 Å². The first-order chi connectivity index (χ1) is 15.4. The van der Waals surface area contributed by atoms with Crippen molar-refractivity contribution >= 4 is 27.5 Å². The number of piperidine rings is 1. The summed E-state index contributed by atoms with van der Waals surface area (Å²) in [6.45, 7) is 0.968. The molecule has 32 heavy (non-hydrogen) atoms. The third-order valence-corrected chi connectivity index (χ3v) is 8.12. The predicted molar refractivity (Wildman–Crippen MR) is 120 cm³/mol. The Kier molecular flexibility index (Phi) is 6.86. The van der Waals surface area contributed by atoms with Crippen LogP contribution in [0.1, 0.15) is 37.7 Å². The maximum atomic E-state index is 12.7. The molecule has 1 aromatic carbocycles. The molecular formula is C23H28N4O4S. The smallest absolute Gasteiger partial charge is 0.244 e. The van der Waals surface area contributed by atoms with Gasteiger partial charge < -0.3 is 10.6 Å². The fraction of sp³-hybridized carbons (Fsp3) is 0.435. The van der Waals surface area contributed by atoms with E-state index in [4.69, 9.17) is 0 Å². The first kappa shape index (κ1) is 22.4. The lowest BCUT2D eigenvalue weighted by Gasteiger charge is -2.30. The minimum atomic E-state index is -3.58. The van der Waals surface area contributed by atoms with Crippen LogP contribution < -0.4 is 10.6 Å². The minimum Gasteiger partial charge on any atom is -0.352 e. The van der Waals surface area contributed by atoms with E-state index in [2.05, 4.69) is 15.6 Å². The van der Waals surface area contributed by atoms with E-state index >= 15 is 0 Å². The van der Waals surface area contributed by atoms with Crippen LogP contribution in [0.3, 0.4) is 0 Å². The van der Waals surface area contributed by atoms with Crippen molar-refractivity contribution in [1.29, 1.82) is 0 Å². The van der Waals surface area contributed by atoms with Gasteiger partial charge in [-0.2, -0.15) is 4.31 Å². The van der Waals surface area contributed by atoms with Crippen LogP contribution in [0.5, 0.6) is 0 Å². The molecule has 8 nitrogen and oxygen atoms in total. The van der Waals surface area contributed by atoms with E-state index in [1.54, 1.807) is 6.07 Å². The zero-order valence-corrected chi connectivity index (χ0v) is 18.7. The topological polar surface area (TPSA) is 108 Å². The summed E-state index contributed by atoms with van der Waals surface area (Å²) < 4.78 is 26.8. The van der Waals surface area contributed by atoms with Crippen LogP contribution >= 0.6 is 0 Å². The van der Waals surface area contributed by atoms with Gasteiger partial charge in [-0.25, -0.2) is 8.42 Å². The fourth-order valence-corrected chi connectivity index (χ4v) is 5.45. The molecular weight excluding hydrogens is 428 g/mol. The van der Waals surface area contributed by atoms with Crippen LogP contribution in [-0.4, -0.2) is 42.6 Å². The Morgan fingerprint density at radius 1 is 1.00 bits per heavy atom. The summed E-state index contributed by atoms with van der Waals surface area (Å²) in [5, 5.41) is 5.90. The van der Waals surface area contributed by atoms with Gasteiger partial charge in [-0.3, -0.25) is 14.6 Å². The number of rotatable bonds is 7. The number of benzene rings is 1. The first-order valence-electron chi connectivity index (χ1n) is 11.0. The number of nitrogens with one attached hydrogen (secondary N) is 2. The van der Waals surface area contributed by atoms with Gasteiger partial charge in [0.2, 0.25) is 21.8 Å². The highest BCUT2D eigenvalue weighted by Crippen LogP contribution is 2.28. The Labute approximate surface area is 188 Å². The van der Waals surface area contributed by atoms with Crippen molar-refractivity contribution in [2.75, 3.05) is 18.4 Å². The zero-order valence-electron chi connectivity index (χ0n) is 17.9. The number of pyridine rings is 1. The maximum Gasteiger partial charge on any atom is 0.244 e. The van der Waals surface area contributed by atoms with Crippen LogP contribution in [0, 0.1) is 11.8 Å². The number of sulfonamides is 1. The van der Waals surface area contributed by atoms with E-state index in [9.17, 15) is 18.0 Å². The van der Waals surface area contributed by atoms with Crippen LogP contribution in [0.4, 0.5) is 5.69 Å². The number of nitrogens with zero attached hydrogens (tertiary/aromatic N) is 2. The normalized spacial score (nSPS) is 18.0. The summed E-state index contributed by atoms with van der Waals surface area (Å²) in [4.78, 5) is 28.8. The van der Waals surface area contributed by atoms with Crippen LogP contribution in [0.15, 0.2) is 53.7 Å². The molecule has 170 valence electrons. The van der Waals surface area contributed by atoms with Gasteiger partial charge in [-0.05, 0) is 55.5 Å². The monoisotopic (exact) mass is 456 g/mol. The molecule has 0 atom stereocenters. The molecule has 2 heterocycles. The van der Waals surface area contributed by atoms with Gasteiger partial charge in [0.25, 0.3) is 0 Å². The summed E-state index contributed by atoms with van der Waals surface area (Å²) in [6.07, 6.45) is 6.84. The van der Waals surface area contributed by atoms with E-state index in [0.717, 1.165) is 30.5 Å². The van der Waals surface area contributed by atoms with Crippen molar-refractivity contribution in [2.24, 2.45) is 11.8 Å². The number of hydrogen-bond acceptors (Lipinski definition) is 5. The molecule has 0 unspecified atom stereocenters. The molecule has 0 spiro atoms. The lowest BCUT2D eigenvalue weighted by molar-refractivity contribution is -0.126. The average Bonchev–Trinajstić information content (AvgIpc) is 2.77. The second kappa shape index (κ2) is 9.79. The highest BCUT2D eigenvalue weighted by molar-refractivity contribution is 7.89. The van der Waals surface area contributed by atoms with Crippen LogP contribution in [0.2, 0.25) is 0 Å². The third kappa shape index (κ3) is 5.16. The number of aromatic nitrogens is 1. The molecule has 1 saturated carbocycles. The summed E-state index contributed by atoms with van der Waals surface area (Å²) in [7, 11) is -3.58. The lowest BCUT2D eigenvalue weighted by Crippen LogP contribution is -2.42. The highest BCUT2D eigenvalue weighted by Gasteiger charge is 2.32. The highest BCUT2D eigenvalue weighted by atomic mass is 32.2. The molecule has 9 heteroatoms. The number of hydrogen-bond donors (Lipinski definition) is 2. The molecule has 1 aliphatic carbocycles. The Hall–Kier alpha value is -2.78. The molecule has 0 bridgehead atoms. The fourth-order valence-electron chi connectivity index (χ4n) is 4.01. The van der Waals surface area contributed by atoms with Gasteiger partial charge in [-0.15, -0.1) is 0 Å². The summed E-state index contributed by atoms with van der Waals surface area (Å²) in [6, 6.07) is 10.6. The van der Waals surface area contributed by atoms with E-state index < -0.39 is 10.0 Å². The molecule has 1 aromatic heterocycles. The summed E-state index contributed by atoms with van der Waals surface area (Å²) in [5.74, 6) is -0.124. The Bertz CT molecular complexity index is 1060. The lowest BCUT2D eigenvalue weighted by atomic mass is 9.85. The van der Waals surface area contributed by atoms with Gasteiger partial charge in [0, 0.05) is 49.6 Å². The van der Waals surface area contributed by atoms with E-state index in [1.165, 1.54) is 22.8 Å². The zero-order chi connectivity index (χ0) is 22.6. The van der Waals surface area contributed by atoms with Gasteiger partial charge >= 0.3 is 0 Å². The van der Waals surface area contributed by atoms with Crippen LogP contribution in [0.25, 0.3) is 0 Å². The average molecular weight is 457 g/mol. The van der Waals surface area contributed by atoms with Crippen molar-refractivity contribution in [1.82, 2.24) is 14.6 Å². The molecule has 1 saturated heterocycles. The number of anilines is 1. The Morgan fingerprint density at radius 2 is 1.75 bits per heavy atom. The van der Waals surface area contributed by atoms with Gasteiger partial charge in [-0.1, -0.05) is 18.6 Å². The van der Waals surface area contributed by atoms with E-state index in [-0.39, 0.29) is 28.5 Å². The van der Waals surface area contributed by atoms with Crippen molar-refractivity contribution in [3.8, 4) is 0 Å². The molecule has 2 N–H and O–H groups in total. The second-order valence-electron chi connectivity index (χ2n) is 8.40. The van der Waals surface area contributed by atoms with Gasteiger partial charge in [0.1, 0.15) is 4.90 Å². The number of carbonyl (C=O) groups is 2. The van der Waals surface area contributed by atoms with Crippen LogP contribution in [-0.2, 0) is 26.2 Å². The SMILES string of the molecule is O=C(NCc1cccc(NC(=O)C2CCC2)c1)C1CCN(S(=O)(=O)c2cccnc2)CC1. The minimum absolute atomic E-state index is 0.0606. The molecule has 2 amide bonds. The number of carbonyl (C=O) groups excluding carboxylic acids is 2. The van der Waals surface area contributed by atoms with Gasteiger partial charge in [0.05, 0.1) is 0 Å². The maximum absolute atomic E-state index is 12.7. The van der Waals surface area contributed by atoms with Crippen molar-refractivity contribution in [2.45, 2.75) is 43.5 Å². The van der Waals surface area contributed by atoms with Crippen molar-refractivity contribution in [3.05, 3.63) is 54.4 Å². The molecule has 4 rings (SSSR count). The Balaban J connectivity index is 1.26. The van der Waals surface area contributed by atoms with Crippen molar-refractivity contribution in [3.63, 3.8) is 0 Å². The first-order valence-corrected chi connectivity index (χ1v) is 12.5. The summed E-state index contributed by atoms with van der Waals surface area (Å²) >= 11 is 0. The molecule has 0 radical (unpaired) electrons. The number of amides is 2. The largest absolute Gasteiger partial charge is 0.352 e. The molecule has 1 aliphatic heterocycles. The predicted octanol–water partition coefficient (Wildman–Crippen LogP) is 2.54. The third-order valence-electron chi connectivity index (χ3n) is 6.23. The molecule has 2 aliphatic rings. The Morgan fingerprint density at radius 3 is 2.41 bits per heavy atom. The second-order valence-corrected chi connectivity index (χ2v) is 10.3. The quantitative estimate of drug-likeness (QED) is 0.666. The van der Waals surface area contributed by atoms with E-state index in [0.29, 0.717) is 32.5 Å². The van der Waals surface area contributed by atoms with Crippen molar-refractivity contribution < 1.29 is 18.0 Å². The standard InChI is InChI=1S/C23H28N4O4S/c28-22(19-9-12-27(13-10-19)32(30,31)21-8-3-11-24-16-21)25-15-17-4-1-7-20(14-17)26-23(29)18-5-2-6-18/h1,3-4,7-8,11,14,16,18-19H,2,5-6,9-10,12-13,15H2,(H,25,28)(H,26,29). The summed E-state index contributed by atoms with van der Waals surface area (Å²) in [5.41, 5.74) is 1.64.